The summed E-state index contributed by atoms with van der Waals surface area (Å²) in [4.78, 5) is 12.0. The molecule has 1 N–H and O–H groups in total. The third kappa shape index (κ3) is 1.96. The molecule has 0 saturated carbocycles. The van der Waals surface area contributed by atoms with E-state index in [1.807, 2.05) is 31.4 Å². The van der Waals surface area contributed by atoms with Gasteiger partial charge in [-0.3, -0.25) is 0 Å². The molecule has 1 unspecified atom stereocenters. The molecule has 0 saturated heterocycles. The minimum Gasteiger partial charge on any atom is -0.479 e. The number of methoxy groups -OCH3 is 1. The molecule has 0 bridgehead atoms. The van der Waals surface area contributed by atoms with Gasteiger partial charge in [-0.05, 0) is 11.4 Å². The second-order valence-electron chi connectivity index (χ2n) is 3.65. The maximum absolute atomic E-state index is 11.0. The summed E-state index contributed by atoms with van der Waals surface area (Å²) in [5.74, 6) is -0.925. The van der Waals surface area contributed by atoms with Crippen LogP contribution < -0.4 is 0 Å². The van der Waals surface area contributed by atoms with E-state index in [9.17, 15) is 4.79 Å². The first-order valence-electron chi connectivity index (χ1n) is 4.29. The first-order chi connectivity index (χ1) is 6.50. The van der Waals surface area contributed by atoms with Crippen LogP contribution in [0.5, 0.6) is 0 Å². The predicted molar refractivity (Wildman–Crippen MR) is 55.8 cm³/mol. The van der Waals surface area contributed by atoms with E-state index >= 15 is 0 Å². The van der Waals surface area contributed by atoms with Gasteiger partial charge in [0.25, 0.3) is 0 Å². The maximum atomic E-state index is 11.0. The van der Waals surface area contributed by atoms with Crippen LogP contribution in [0.25, 0.3) is 0 Å². The molecular formula is C10H14O3S. The Morgan fingerprint density at radius 2 is 2.29 bits per heavy atom. The molecule has 0 aliphatic rings. The topological polar surface area (TPSA) is 46.5 Å². The molecule has 0 amide bonds. The summed E-state index contributed by atoms with van der Waals surface area (Å²) < 4.78 is 5.01. The molecule has 1 rings (SSSR count). The van der Waals surface area contributed by atoms with Crippen molar-refractivity contribution < 1.29 is 14.6 Å². The number of rotatable bonds is 4. The van der Waals surface area contributed by atoms with Crippen molar-refractivity contribution in [2.75, 3.05) is 7.11 Å². The van der Waals surface area contributed by atoms with Crippen LogP contribution in [0.2, 0.25) is 0 Å². The number of thiophene rings is 1. The van der Waals surface area contributed by atoms with Crippen molar-refractivity contribution in [3.8, 4) is 0 Å². The molecule has 0 radical (unpaired) electrons. The lowest BCUT2D eigenvalue weighted by Gasteiger charge is -2.29. The summed E-state index contributed by atoms with van der Waals surface area (Å²) in [5, 5.41) is 10.9. The molecular weight excluding hydrogens is 200 g/mol. The van der Waals surface area contributed by atoms with Gasteiger partial charge in [-0.1, -0.05) is 19.9 Å². The average molecular weight is 214 g/mol. The van der Waals surface area contributed by atoms with Gasteiger partial charge in [0.15, 0.2) is 6.10 Å². The number of ether oxygens (including phenoxy) is 1. The van der Waals surface area contributed by atoms with Crippen molar-refractivity contribution in [3.05, 3.63) is 22.4 Å². The fourth-order valence-corrected chi connectivity index (χ4v) is 2.35. The van der Waals surface area contributed by atoms with Crippen molar-refractivity contribution in [1.29, 1.82) is 0 Å². The van der Waals surface area contributed by atoms with Gasteiger partial charge < -0.3 is 9.84 Å². The zero-order chi connectivity index (χ0) is 10.8. The Kier molecular flexibility index (Phi) is 3.29. The summed E-state index contributed by atoms with van der Waals surface area (Å²) >= 11 is 1.55. The highest BCUT2D eigenvalue weighted by atomic mass is 32.1. The Labute approximate surface area is 87.3 Å². The molecule has 1 heterocycles. The van der Waals surface area contributed by atoms with E-state index < -0.39 is 17.5 Å². The van der Waals surface area contributed by atoms with Gasteiger partial charge in [0.2, 0.25) is 0 Å². The molecule has 3 nitrogen and oxygen atoms in total. The lowest BCUT2D eigenvalue weighted by atomic mass is 9.85. The van der Waals surface area contributed by atoms with E-state index in [2.05, 4.69) is 0 Å². The molecule has 0 aliphatic heterocycles. The largest absolute Gasteiger partial charge is 0.479 e. The number of aliphatic carboxylic acids is 1. The molecule has 0 fully saturated rings. The predicted octanol–water partition coefficient (Wildman–Crippen LogP) is 2.13. The van der Waals surface area contributed by atoms with Gasteiger partial charge in [-0.2, -0.15) is 0 Å². The van der Waals surface area contributed by atoms with Crippen molar-refractivity contribution in [2.45, 2.75) is 25.4 Å². The highest BCUT2D eigenvalue weighted by Gasteiger charge is 2.37. The van der Waals surface area contributed by atoms with Gasteiger partial charge >= 0.3 is 5.97 Å². The molecule has 4 heteroatoms. The highest BCUT2D eigenvalue weighted by molar-refractivity contribution is 7.10. The van der Waals surface area contributed by atoms with Crippen molar-refractivity contribution in [1.82, 2.24) is 0 Å². The first kappa shape index (κ1) is 11.2. The minimum atomic E-state index is -0.925. The fourth-order valence-electron chi connectivity index (χ4n) is 1.48. The molecule has 0 aromatic carbocycles. The number of carbonyl (C=O) groups is 1. The molecule has 0 spiro atoms. The van der Waals surface area contributed by atoms with E-state index in [1.165, 1.54) is 7.11 Å². The number of hydrogen-bond donors (Lipinski definition) is 1. The van der Waals surface area contributed by atoms with Gasteiger partial charge in [0, 0.05) is 17.4 Å². The molecule has 1 aromatic heterocycles. The SMILES string of the molecule is COC(C(=O)O)C(C)(C)c1cccs1. The quantitative estimate of drug-likeness (QED) is 0.835. The summed E-state index contributed by atoms with van der Waals surface area (Å²) in [6, 6.07) is 3.84. The van der Waals surface area contributed by atoms with Crippen LogP contribution in [0.15, 0.2) is 17.5 Å². The zero-order valence-electron chi connectivity index (χ0n) is 8.48. The van der Waals surface area contributed by atoms with Crippen LogP contribution in [0.1, 0.15) is 18.7 Å². The number of carboxylic acid groups (broad SMARTS) is 1. The lowest BCUT2D eigenvalue weighted by molar-refractivity contribution is -0.152. The second-order valence-corrected chi connectivity index (χ2v) is 4.60. The molecule has 14 heavy (non-hydrogen) atoms. The Bertz CT molecular complexity index is 303. The van der Waals surface area contributed by atoms with Crippen LogP contribution in [-0.2, 0) is 14.9 Å². The third-order valence-electron chi connectivity index (χ3n) is 2.27. The fraction of sp³-hybridized carbons (Fsp3) is 0.500. The molecule has 1 aromatic rings. The minimum absolute atomic E-state index is 0.491. The Morgan fingerprint density at radius 3 is 2.64 bits per heavy atom. The summed E-state index contributed by atoms with van der Waals surface area (Å²) in [6.45, 7) is 3.75. The van der Waals surface area contributed by atoms with E-state index in [-0.39, 0.29) is 0 Å². The van der Waals surface area contributed by atoms with E-state index in [4.69, 9.17) is 9.84 Å². The monoisotopic (exact) mass is 214 g/mol. The van der Waals surface area contributed by atoms with Gasteiger partial charge in [-0.25, -0.2) is 4.79 Å². The summed E-state index contributed by atoms with van der Waals surface area (Å²) in [6.07, 6.45) is -0.804. The van der Waals surface area contributed by atoms with Crippen LogP contribution in [0.3, 0.4) is 0 Å². The third-order valence-corrected chi connectivity index (χ3v) is 3.48. The van der Waals surface area contributed by atoms with Gasteiger partial charge in [0.05, 0.1) is 0 Å². The maximum Gasteiger partial charge on any atom is 0.333 e. The van der Waals surface area contributed by atoms with Crippen molar-refractivity contribution >= 4 is 17.3 Å². The smallest absolute Gasteiger partial charge is 0.333 e. The van der Waals surface area contributed by atoms with Gasteiger partial charge in [-0.15, -0.1) is 11.3 Å². The average Bonchev–Trinajstić information content (AvgIpc) is 2.55. The van der Waals surface area contributed by atoms with E-state index in [0.29, 0.717) is 0 Å². The van der Waals surface area contributed by atoms with Crippen LogP contribution in [-0.4, -0.2) is 24.3 Å². The van der Waals surface area contributed by atoms with E-state index in [0.717, 1.165) is 4.88 Å². The zero-order valence-corrected chi connectivity index (χ0v) is 9.30. The van der Waals surface area contributed by atoms with E-state index in [1.54, 1.807) is 11.3 Å². The molecule has 0 aliphatic carbocycles. The molecule has 1 atom stereocenters. The van der Waals surface area contributed by atoms with Crippen LogP contribution in [0, 0.1) is 0 Å². The van der Waals surface area contributed by atoms with Gasteiger partial charge in [0.1, 0.15) is 0 Å². The first-order valence-corrected chi connectivity index (χ1v) is 5.17. The Morgan fingerprint density at radius 1 is 1.64 bits per heavy atom. The number of hydrogen-bond acceptors (Lipinski definition) is 3. The summed E-state index contributed by atoms with van der Waals surface area (Å²) in [7, 11) is 1.42. The number of carboxylic acids is 1. The lowest BCUT2D eigenvalue weighted by Crippen LogP contribution is -2.40. The Balaban J connectivity index is 2.99. The van der Waals surface area contributed by atoms with Crippen LogP contribution in [0.4, 0.5) is 0 Å². The second kappa shape index (κ2) is 4.11. The van der Waals surface area contributed by atoms with Crippen molar-refractivity contribution in [3.63, 3.8) is 0 Å². The van der Waals surface area contributed by atoms with Crippen LogP contribution >= 0.6 is 11.3 Å². The normalized spacial score (nSPS) is 13.9. The standard InChI is InChI=1S/C10H14O3S/c1-10(2,7-5-4-6-14-7)8(13-3)9(11)12/h4-6,8H,1-3H3,(H,11,12). The highest BCUT2D eigenvalue weighted by Crippen LogP contribution is 2.32. The molecule has 78 valence electrons. The summed E-state index contributed by atoms with van der Waals surface area (Å²) in [5.41, 5.74) is -0.491. The Hall–Kier alpha value is -0.870. The van der Waals surface area contributed by atoms with Crippen molar-refractivity contribution in [2.24, 2.45) is 0 Å².